The van der Waals surface area contributed by atoms with E-state index in [1.807, 2.05) is 0 Å². The fourth-order valence-corrected chi connectivity index (χ4v) is 1.97. The van der Waals surface area contributed by atoms with Crippen LogP contribution in [0.5, 0.6) is 0 Å². The van der Waals surface area contributed by atoms with E-state index in [9.17, 15) is 23.1 Å². The summed E-state index contributed by atoms with van der Waals surface area (Å²) in [6.07, 6.45) is -4.33. The molecule has 1 amide bonds. The van der Waals surface area contributed by atoms with Crippen LogP contribution < -0.4 is 0 Å². The minimum Gasteiger partial charge on any atom is -0.469 e. The first kappa shape index (κ1) is 14.6. The lowest BCUT2D eigenvalue weighted by atomic mass is 10.0. The highest BCUT2D eigenvalue weighted by molar-refractivity contribution is 5.98. The van der Waals surface area contributed by atoms with Crippen LogP contribution in [0.25, 0.3) is 0 Å². The van der Waals surface area contributed by atoms with Gasteiger partial charge in [-0.2, -0.15) is 23.3 Å². The fourth-order valence-electron chi connectivity index (χ4n) is 1.97. The van der Waals surface area contributed by atoms with Crippen molar-refractivity contribution < 1.29 is 27.5 Å². The molecule has 110 valence electrons. The van der Waals surface area contributed by atoms with Crippen LogP contribution >= 0.6 is 0 Å². The number of hydrogen-bond acceptors (Lipinski definition) is 4. The Balaban J connectivity index is 2.43. The molecule has 1 aliphatic rings. The van der Waals surface area contributed by atoms with Crippen molar-refractivity contribution in [1.29, 1.82) is 0 Å². The zero-order valence-electron chi connectivity index (χ0n) is 10.9. The summed E-state index contributed by atoms with van der Waals surface area (Å²) in [5.74, 6) is -0.876. The fraction of sp³-hybridized carbons (Fsp3) is 0.500. The molecule has 5 nitrogen and oxygen atoms in total. The van der Waals surface area contributed by atoms with Gasteiger partial charge in [0, 0.05) is 12.1 Å². The number of alkyl halides is 3. The van der Waals surface area contributed by atoms with E-state index in [1.54, 1.807) is 6.92 Å². The van der Waals surface area contributed by atoms with Crippen molar-refractivity contribution in [2.45, 2.75) is 38.6 Å². The van der Waals surface area contributed by atoms with Gasteiger partial charge in [0.2, 0.25) is 0 Å². The zero-order valence-corrected chi connectivity index (χ0v) is 10.9. The third kappa shape index (κ3) is 2.09. The minimum absolute atomic E-state index is 0.0613. The Hall–Kier alpha value is -1.83. The van der Waals surface area contributed by atoms with Crippen LogP contribution in [0.4, 0.5) is 13.2 Å². The first-order valence-electron chi connectivity index (χ1n) is 5.95. The average molecular weight is 290 g/mol. The van der Waals surface area contributed by atoms with Gasteiger partial charge in [0.05, 0.1) is 11.8 Å². The lowest BCUT2D eigenvalue weighted by Crippen LogP contribution is -2.56. The summed E-state index contributed by atoms with van der Waals surface area (Å²) in [6, 6.07) is 1.24. The molecule has 0 bridgehead atoms. The summed E-state index contributed by atoms with van der Waals surface area (Å²) in [7, 11) is 0. The second-order valence-corrected chi connectivity index (χ2v) is 4.52. The van der Waals surface area contributed by atoms with Gasteiger partial charge >= 0.3 is 6.18 Å². The van der Waals surface area contributed by atoms with E-state index in [0.29, 0.717) is 0 Å². The van der Waals surface area contributed by atoms with Gasteiger partial charge in [0.1, 0.15) is 5.76 Å². The van der Waals surface area contributed by atoms with Gasteiger partial charge in [-0.15, -0.1) is 0 Å². The summed E-state index contributed by atoms with van der Waals surface area (Å²) in [4.78, 5) is 12.2. The number of rotatable bonds is 2. The van der Waals surface area contributed by atoms with Crippen LogP contribution in [0, 0.1) is 6.92 Å². The quantitative estimate of drug-likeness (QED) is 0.909. The lowest BCUT2D eigenvalue weighted by Gasteiger charge is -2.32. The topological polar surface area (TPSA) is 66.0 Å². The maximum Gasteiger partial charge on any atom is 0.438 e. The molecular weight excluding hydrogens is 277 g/mol. The molecule has 2 rings (SSSR count). The highest BCUT2D eigenvalue weighted by Crippen LogP contribution is 2.41. The van der Waals surface area contributed by atoms with Crippen LogP contribution in [-0.4, -0.2) is 33.6 Å². The van der Waals surface area contributed by atoms with Crippen molar-refractivity contribution in [3.63, 3.8) is 0 Å². The predicted octanol–water partition coefficient (Wildman–Crippen LogP) is 2.45. The average Bonchev–Trinajstić information content (AvgIpc) is 2.92. The molecule has 1 atom stereocenters. The number of hydrazone groups is 1. The standard InChI is InChI=1S/C12H13F3N2O3/c1-3-8-6-11(19,12(13,14)15)17(16-8)10(18)9-4-5-20-7(9)2/h4-5,19H,3,6H2,1-2H3. The summed E-state index contributed by atoms with van der Waals surface area (Å²) >= 11 is 0. The molecule has 1 aromatic heterocycles. The first-order valence-corrected chi connectivity index (χ1v) is 5.95. The van der Waals surface area contributed by atoms with Gasteiger partial charge in [0.15, 0.2) is 0 Å². The van der Waals surface area contributed by atoms with Crippen molar-refractivity contribution >= 4 is 11.6 Å². The Labute approximate surface area is 112 Å². The van der Waals surface area contributed by atoms with Gasteiger partial charge in [-0.3, -0.25) is 4.79 Å². The molecule has 0 saturated heterocycles. The molecule has 1 unspecified atom stereocenters. The van der Waals surface area contributed by atoms with Crippen molar-refractivity contribution in [1.82, 2.24) is 5.01 Å². The largest absolute Gasteiger partial charge is 0.469 e. The summed E-state index contributed by atoms with van der Waals surface area (Å²) in [5.41, 5.74) is -3.26. The summed E-state index contributed by atoms with van der Waals surface area (Å²) in [6.45, 7) is 3.05. The van der Waals surface area contributed by atoms with Crippen LogP contribution in [-0.2, 0) is 0 Å². The molecule has 1 N–H and O–H groups in total. The van der Waals surface area contributed by atoms with Crippen LogP contribution in [0.2, 0.25) is 0 Å². The van der Waals surface area contributed by atoms with Gasteiger partial charge in [-0.1, -0.05) is 6.92 Å². The van der Waals surface area contributed by atoms with E-state index in [4.69, 9.17) is 4.42 Å². The highest BCUT2D eigenvalue weighted by Gasteiger charge is 2.63. The number of halogens is 3. The molecule has 20 heavy (non-hydrogen) atoms. The number of carbonyl (C=O) groups excluding carboxylic acids is 1. The van der Waals surface area contributed by atoms with Crippen LogP contribution in [0.3, 0.4) is 0 Å². The lowest BCUT2D eigenvalue weighted by molar-refractivity contribution is -0.297. The molecule has 8 heteroatoms. The second-order valence-electron chi connectivity index (χ2n) is 4.52. The van der Waals surface area contributed by atoms with Crippen molar-refractivity contribution in [2.24, 2.45) is 5.10 Å². The first-order chi connectivity index (χ1) is 9.20. The Bertz CT molecular complexity index is 565. The van der Waals surface area contributed by atoms with E-state index in [-0.39, 0.29) is 28.5 Å². The zero-order chi connectivity index (χ0) is 15.1. The van der Waals surface area contributed by atoms with E-state index < -0.39 is 24.2 Å². The number of hydrogen-bond donors (Lipinski definition) is 1. The smallest absolute Gasteiger partial charge is 0.438 e. The van der Waals surface area contributed by atoms with Gasteiger partial charge in [-0.25, -0.2) is 0 Å². The Morgan fingerprint density at radius 1 is 1.60 bits per heavy atom. The van der Waals surface area contributed by atoms with Crippen molar-refractivity contribution in [2.75, 3.05) is 0 Å². The third-order valence-electron chi connectivity index (χ3n) is 3.19. The second kappa shape index (κ2) is 4.62. The number of aliphatic hydroxyl groups is 1. The van der Waals surface area contributed by atoms with Crippen LogP contribution in [0.1, 0.15) is 35.9 Å². The maximum atomic E-state index is 13.1. The molecule has 0 fully saturated rings. The molecule has 0 spiro atoms. The molecule has 1 aromatic rings. The highest BCUT2D eigenvalue weighted by atomic mass is 19.4. The van der Waals surface area contributed by atoms with Crippen molar-refractivity contribution in [3.8, 4) is 0 Å². The Kier molecular flexibility index (Phi) is 3.37. The molecule has 1 aliphatic heterocycles. The predicted molar refractivity (Wildman–Crippen MR) is 63.0 cm³/mol. The molecule has 0 aromatic carbocycles. The maximum absolute atomic E-state index is 13.1. The van der Waals surface area contributed by atoms with Gasteiger partial charge < -0.3 is 9.52 Å². The number of amides is 1. The number of carbonyl (C=O) groups is 1. The van der Waals surface area contributed by atoms with E-state index in [2.05, 4.69) is 5.10 Å². The van der Waals surface area contributed by atoms with Crippen molar-refractivity contribution in [3.05, 3.63) is 23.7 Å². The molecule has 0 saturated carbocycles. The van der Waals surface area contributed by atoms with Gasteiger partial charge in [0.25, 0.3) is 11.6 Å². The minimum atomic E-state index is -5.00. The number of nitrogens with zero attached hydrogens (tertiary/aromatic N) is 2. The molecular formula is C12H13F3N2O3. The Morgan fingerprint density at radius 3 is 2.70 bits per heavy atom. The van der Waals surface area contributed by atoms with E-state index >= 15 is 0 Å². The monoisotopic (exact) mass is 290 g/mol. The third-order valence-corrected chi connectivity index (χ3v) is 3.19. The number of aryl methyl sites for hydroxylation is 1. The molecule has 2 heterocycles. The van der Waals surface area contributed by atoms with Crippen LogP contribution in [0.15, 0.2) is 21.8 Å². The summed E-state index contributed by atoms with van der Waals surface area (Å²) < 4.78 is 44.1. The summed E-state index contributed by atoms with van der Waals surface area (Å²) in [5, 5.41) is 13.6. The Morgan fingerprint density at radius 2 is 2.25 bits per heavy atom. The molecule has 0 aliphatic carbocycles. The number of furan rings is 1. The normalized spacial score (nSPS) is 23.1. The SMILES string of the molecule is CCC1=NN(C(=O)c2ccoc2C)C(O)(C(F)(F)F)C1. The molecule has 0 radical (unpaired) electrons. The van der Waals surface area contributed by atoms with Gasteiger partial charge in [-0.05, 0) is 19.4 Å². The van der Waals surface area contributed by atoms with E-state index in [0.717, 1.165) is 0 Å². The van der Waals surface area contributed by atoms with E-state index in [1.165, 1.54) is 19.3 Å².